The summed E-state index contributed by atoms with van der Waals surface area (Å²) in [4.78, 5) is 26.5. The molecule has 0 aromatic heterocycles. The molecule has 1 N–H and O–H groups in total. The van der Waals surface area contributed by atoms with Crippen LogP contribution in [0.4, 0.5) is 4.79 Å². The van der Waals surface area contributed by atoms with Crippen molar-refractivity contribution in [2.24, 2.45) is 5.92 Å². The number of likely N-dealkylation sites (tertiary alicyclic amines) is 1. The van der Waals surface area contributed by atoms with Gasteiger partial charge in [-0.2, -0.15) is 0 Å². The number of amides is 2. The number of hydrogen-bond acceptors (Lipinski definition) is 5. The summed E-state index contributed by atoms with van der Waals surface area (Å²) in [6.45, 7) is 10.5. The zero-order valence-corrected chi connectivity index (χ0v) is 18.0. The molecule has 0 unspecified atom stereocenters. The Labute approximate surface area is 173 Å². The highest BCUT2D eigenvalue weighted by Gasteiger charge is 2.29. The maximum absolute atomic E-state index is 12.8. The van der Waals surface area contributed by atoms with Gasteiger partial charge in [-0.15, -0.1) is 0 Å². The van der Waals surface area contributed by atoms with Gasteiger partial charge in [-0.05, 0) is 64.2 Å². The minimum absolute atomic E-state index is 0.0636. The fourth-order valence-electron chi connectivity index (χ4n) is 3.46. The first-order valence-electron chi connectivity index (χ1n) is 10.6. The molecule has 0 bridgehead atoms. The van der Waals surface area contributed by atoms with Crippen molar-refractivity contribution in [2.45, 2.75) is 53.0 Å². The lowest BCUT2D eigenvalue weighted by molar-refractivity contribution is 0.0789. The standard InChI is InChI=1S/C22H34N2O5/c1-5-13-29-19-11-10-17(14-20(19)27-6-2)21(25)23-16(4)18-9-8-12-24(15-18)22(26)28-7-3/h10-11,14,16,18H,5-9,12-13,15H2,1-4H3,(H,23,25)/t16-,18-/m0/s1. The second kappa shape index (κ2) is 11.5. The first kappa shape index (κ1) is 22.8. The van der Waals surface area contributed by atoms with Crippen molar-refractivity contribution in [3.8, 4) is 11.5 Å². The van der Waals surface area contributed by atoms with Gasteiger partial charge in [0, 0.05) is 24.7 Å². The van der Waals surface area contributed by atoms with E-state index in [0.717, 1.165) is 19.3 Å². The van der Waals surface area contributed by atoms with E-state index in [1.165, 1.54) is 0 Å². The van der Waals surface area contributed by atoms with E-state index in [9.17, 15) is 9.59 Å². The molecule has 1 heterocycles. The van der Waals surface area contributed by atoms with Crippen LogP contribution < -0.4 is 14.8 Å². The molecule has 2 atom stereocenters. The van der Waals surface area contributed by atoms with E-state index in [2.05, 4.69) is 5.32 Å². The zero-order chi connectivity index (χ0) is 21.2. The van der Waals surface area contributed by atoms with Gasteiger partial charge < -0.3 is 24.4 Å². The highest BCUT2D eigenvalue weighted by Crippen LogP contribution is 2.29. The molecule has 1 aromatic rings. The second-order valence-corrected chi connectivity index (χ2v) is 7.25. The van der Waals surface area contributed by atoms with Crippen LogP contribution in [0, 0.1) is 5.92 Å². The number of piperidine rings is 1. The van der Waals surface area contributed by atoms with E-state index < -0.39 is 0 Å². The lowest BCUT2D eigenvalue weighted by Gasteiger charge is -2.35. The van der Waals surface area contributed by atoms with E-state index in [1.807, 2.05) is 20.8 Å². The van der Waals surface area contributed by atoms with Gasteiger partial charge in [-0.3, -0.25) is 4.79 Å². The minimum atomic E-state index is -0.278. The summed E-state index contributed by atoms with van der Waals surface area (Å²) in [5, 5.41) is 3.08. The van der Waals surface area contributed by atoms with Crippen molar-refractivity contribution >= 4 is 12.0 Å². The first-order chi connectivity index (χ1) is 14.0. The number of nitrogens with one attached hydrogen (secondary N) is 1. The van der Waals surface area contributed by atoms with Crippen LogP contribution in [0.1, 0.15) is 57.3 Å². The molecule has 1 aliphatic heterocycles. The maximum Gasteiger partial charge on any atom is 0.409 e. The van der Waals surface area contributed by atoms with Crippen LogP contribution in [0.5, 0.6) is 11.5 Å². The van der Waals surface area contributed by atoms with Gasteiger partial charge in [-0.25, -0.2) is 4.79 Å². The van der Waals surface area contributed by atoms with Crippen LogP contribution in [-0.2, 0) is 4.74 Å². The van der Waals surface area contributed by atoms with Crippen molar-refractivity contribution in [1.29, 1.82) is 0 Å². The molecule has 0 radical (unpaired) electrons. The van der Waals surface area contributed by atoms with Gasteiger partial charge in [-0.1, -0.05) is 6.92 Å². The summed E-state index contributed by atoms with van der Waals surface area (Å²) in [6.07, 6.45) is 2.49. The Morgan fingerprint density at radius 3 is 2.66 bits per heavy atom. The quantitative estimate of drug-likeness (QED) is 0.674. The van der Waals surface area contributed by atoms with Crippen LogP contribution >= 0.6 is 0 Å². The molecule has 7 nitrogen and oxygen atoms in total. The van der Waals surface area contributed by atoms with Crippen LogP contribution in [0.25, 0.3) is 0 Å². The zero-order valence-electron chi connectivity index (χ0n) is 18.0. The van der Waals surface area contributed by atoms with Gasteiger partial charge >= 0.3 is 6.09 Å². The summed E-state index contributed by atoms with van der Waals surface area (Å²) < 4.78 is 16.5. The van der Waals surface area contributed by atoms with E-state index in [4.69, 9.17) is 14.2 Å². The first-order valence-corrected chi connectivity index (χ1v) is 10.6. The highest BCUT2D eigenvalue weighted by atomic mass is 16.6. The molecule has 1 aromatic carbocycles. The Morgan fingerprint density at radius 2 is 1.97 bits per heavy atom. The molecule has 7 heteroatoms. The molecule has 1 aliphatic rings. The summed E-state index contributed by atoms with van der Waals surface area (Å²) >= 11 is 0. The van der Waals surface area contributed by atoms with E-state index in [1.54, 1.807) is 30.0 Å². The van der Waals surface area contributed by atoms with E-state index >= 15 is 0 Å². The fraction of sp³-hybridized carbons (Fsp3) is 0.636. The summed E-state index contributed by atoms with van der Waals surface area (Å²) in [7, 11) is 0. The molecule has 1 fully saturated rings. The average Bonchev–Trinajstić information content (AvgIpc) is 2.73. The van der Waals surface area contributed by atoms with Gasteiger partial charge in [0.05, 0.1) is 19.8 Å². The average molecular weight is 407 g/mol. The topological polar surface area (TPSA) is 77.1 Å². The molecular weight excluding hydrogens is 372 g/mol. The van der Waals surface area contributed by atoms with Crippen molar-refractivity contribution in [1.82, 2.24) is 10.2 Å². The Balaban J connectivity index is 2.01. The summed E-state index contributed by atoms with van der Waals surface area (Å²) in [5.41, 5.74) is 0.530. The molecule has 1 saturated heterocycles. The van der Waals surface area contributed by atoms with Crippen molar-refractivity contribution in [3.05, 3.63) is 23.8 Å². The minimum Gasteiger partial charge on any atom is -0.490 e. The van der Waals surface area contributed by atoms with Crippen molar-refractivity contribution < 1.29 is 23.8 Å². The molecule has 0 spiro atoms. The van der Waals surface area contributed by atoms with Crippen LogP contribution in [0.3, 0.4) is 0 Å². The molecule has 2 amide bonds. The third-order valence-electron chi connectivity index (χ3n) is 5.02. The van der Waals surface area contributed by atoms with Gasteiger partial charge in [0.2, 0.25) is 0 Å². The predicted octanol–water partition coefficient (Wildman–Crippen LogP) is 3.86. The highest BCUT2D eigenvalue weighted by molar-refractivity contribution is 5.95. The Kier molecular flexibility index (Phi) is 9.09. The smallest absolute Gasteiger partial charge is 0.409 e. The lowest BCUT2D eigenvalue weighted by Crippen LogP contribution is -2.48. The SMILES string of the molecule is CCCOc1ccc(C(=O)N[C@@H](C)[C@H]2CCCN(C(=O)OCC)C2)cc1OCC. The van der Waals surface area contributed by atoms with Gasteiger partial charge in [0.15, 0.2) is 11.5 Å². The third kappa shape index (κ3) is 6.54. The molecule has 29 heavy (non-hydrogen) atoms. The largest absolute Gasteiger partial charge is 0.490 e. The van der Waals surface area contributed by atoms with Crippen LogP contribution in [0.15, 0.2) is 18.2 Å². The number of carbonyl (C=O) groups is 2. The number of rotatable bonds is 9. The number of benzene rings is 1. The van der Waals surface area contributed by atoms with Crippen molar-refractivity contribution in [3.63, 3.8) is 0 Å². The number of carbonyl (C=O) groups excluding carboxylic acids is 2. The van der Waals surface area contributed by atoms with E-state index in [-0.39, 0.29) is 24.0 Å². The third-order valence-corrected chi connectivity index (χ3v) is 5.02. The monoisotopic (exact) mass is 406 g/mol. The second-order valence-electron chi connectivity index (χ2n) is 7.25. The van der Waals surface area contributed by atoms with Crippen LogP contribution in [-0.4, -0.2) is 55.9 Å². The van der Waals surface area contributed by atoms with Crippen LogP contribution in [0.2, 0.25) is 0 Å². The normalized spacial score (nSPS) is 17.4. The molecule has 2 rings (SSSR count). The summed E-state index contributed by atoms with van der Waals surface area (Å²) in [6, 6.07) is 5.19. The van der Waals surface area contributed by atoms with E-state index in [0.29, 0.717) is 50.0 Å². The van der Waals surface area contributed by atoms with Gasteiger partial charge in [0.1, 0.15) is 0 Å². The molecule has 0 aliphatic carbocycles. The Hall–Kier alpha value is -2.44. The summed E-state index contributed by atoms with van der Waals surface area (Å²) in [5.74, 6) is 1.26. The number of hydrogen-bond donors (Lipinski definition) is 1. The van der Waals surface area contributed by atoms with Crippen molar-refractivity contribution in [2.75, 3.05) is 32.9 Å². The predicted molar refractivity (Wildman–Crippen MR) is 112 cm³/mol. The fourth-order valence-corrected chi connectivity index (χ4v) is 3.46. The maximum atomic E-state index is 12.8. The number of nitrogens with zero attached hydrogens (tertiary/aromatic N) is 1. The molecular formula is C22H34N2O5. The lowest BCUT2D eigenvalue weighted by atomic mass is 9.91. The number of ether oxygens (including phenoxy) is 3. The Bertz CT molecular complexity index is 679. The van der Waals surface area contributed by atoms with Gasteiger partial charge in [0.25, 0.3) is 5.91 Å². The molecule has 0 saturated carbocycles. The molecule has 162 valence electrons. The Morgan fingerprint density at radius 1 is 1.17 bits per heavy atom.